The molecule has 1 N–H and O–H groups in total. The summed E-state index contributed by atoms with van der Waals surface area (Å²) in [6.07, 6.45) is -1.38. The molecule has 0 fully saturated rings. The summed E-state index contributed by atoms with van der Waals surface area (Å²) in [5.41, 5.74) is 0. The molecule has 0 bridgehead atoms. The minimum Gasteiger partial charge on any atom is -0.467 e. The number of methoxy groups -OCH3 is 1. The highest BCUT2D eigenvalue weighted by Gasteiger charge is 2.31. The van der Waals surface area contributed by atoms with Gasteiger partial charge in [-0.15, -0.1) is 0 Å². The highest BCUT2D eigenvalue weighted by molar-refractivity contribution is 8.14. The molecule has 0 aromatic carbocycles. The maximum Gasteiger partial charge on any atom is 0.335 e. The third kappa shape index (κ3) is 5.18. The molecule has 0 rings (SSSR count). The lowest BCUT2D eigenvalue weighted by Gasteiger charge is -2.21. The number of ether oxygens (including phenoxy) is 1. The molecule has 0 aromatic rings. The van der Waals surface area contributed by atoms with Crippen LogP contribution in [-0.2, 0) is 14.3 Å². The highest BCUT2D eigenvalue weighted by Crippen LogP contribution is 2.28. The Morgan fingerprint density at radius 1 is 1.33 bits per heavy atom. The molecule has 88 valence electrons. The minimum atomic E-state index is -1.38. The molecule has 0 aliphatic heterocycles. The van der Waals surface area contributed by atoms with Crippen molar-refractivity contribution in [2.24, 2.45) is 5.92 Å². The van der Waals surface area contributed by atoms with Crippen LogP contribution in [0.2, 0.25) is 0 Å². The van der Waals surface area contributed by atoms with E-state index in [0.717, 1.165) is 11.8 Å². The van der Waals surface area contributed by atoms with Gasteiger partial charge in [0.05, 0.1) is 13.0 Å². The summed E-state index contributed by atoms with van der Waals surface area (Å²) >= 11 is 1.11. The third-order valence-corrected chi connectivity index (χ3v) is 2.88. The fourth-order valence-corrected chi connectivity index (χ4v) is 1.77. The Labute approximate surface area is 94.4 Å². The lowest BCUT2D eigenvalue weighted by Crippen LogP contribution is -2.34. The molecule has 0 spiro atoms. The summed E-state index contributed by atoms with van der Waals surface area (Å²) in [5.74, 6) is -1.52. The second-order valence-corrected chi connectivity index (χ2v) is 6.12. The normalized spacial score (nSPS) is 15.6. The standard InChI is InChI=1S/C10H18O4S/c1-6(7(11)8(12)14-5)9(13)15-10(2,3)4/h6-7,11H,1-5H3. The van der Waals surface area contributed by atoms with Gasteiger partial charge in [-0.25, -0.2) is 4.79 Å². The lowest BCUT2D eigenvalue weighted by atomic mass is 10.1. The number of carbonyl (C=O) groups is 2. The van der Waals surface area contributed by atoms with Gasteiger partial charge in [-0.3, -0.25) is 4.79 Å². The van der Waals surface area contributed by atoms with Crippen molar-refractivity contribution in [2.45, 2.75) is 38.5 Å². The van der Waals surface area contributed by atoms with E-state index in [1.165, 1.54) is 14.0 Å². The van der Waals surface area contributed by atoms with Gasteiger partial charge >= 0.3 is 5.97 Å². The lowest BCUT2D eigenvalue weighted by molar-refractivity contribution is -0.154. The van der Waals surface area contributed by atoms with E-state index < -0.39 is 18.0 Å². The highest BCUT2D eigenvalue weighted by atomic mass is 32.2. The second-order valence-electron chi connectivity index (χ2n) is 4.29. The Bertz CT molecular complexity index is 244. The van der Waals surface area contributed by atoms with E-state index >= 15 is 0 Å². The summed E-state index contributed by atoms with van der Waals surface area (Å²) in [6.45, 7) is 7.20. The molecule has 0 amide bonds. The van der Waals surface area contributed by atoms with E-state index in [-0.39, 0.29) is 9.86 Å². The first-order chi connectivity index (χ1) is 6.69. The van der Waals surface area contributed by atoms with Gasteiger partial charge in [-0.1, -0.05) is 39.5 Å². The molecule has 0 saturated carbocycles. The number of carbonyl (C=O) groups excluding carboxylic acids is 2. The van der Waals surface area contributed by atoms with Crippen molar-refractivity contribution in [1.82, 2.24) is 0 Å². The average molecular weight is 234 g/mol. The van der Waals surface area contributed by atoms with Gasteiger partial charge in [0.15, 0.2) is 11.2 Å². The first kappa shape index (κ1) is 14.5. The van der Waals surface area contributed by atoms with Crippen molar-refractivity contribution in [2.75, 3.05) is 7.11 Å². The van der Waals surface area contributed by atoms with E-state index in [1.807, 2.05) is 20.8 Å². The van der Waals surface area contributed by atoms with E-state index in [0.29, 0.717) is 0 Å². The first-order valence-corrected chi connectivity index (χ1v) is 5.49. The quantitative estimate of drug-likeness (QED) is 0.744. The number of aliphatic hydroxyl groups excluding tert-OH is 1. The van der Waals surface area contributed by atoms with E-state index in [4.69, 9.17) is 0 Å². The summed E-state index contributed by atoms with van der Waals surface area (Å²) in [4.78, 5) is 22.6. The molecule has 4 nitrogen and oxygen atoms in total. The topological polar surface area (TPSA) is 63.6 Å². The molecule has 5 heteroatoms. The number of aliphatic hydroxyl groups is 1. The van der Waals surface area contributed by atoms with Crippen molar-refractivity contribution >= 4 is 22.8 Å². The number of hydrogen-bond donors (Lipinski definition) is 1. The van der Waals surface area contributed by atoms with Crippen LogP contribution in [0.25, 0.3) is 0 Å². The van der Waals surface area contributed by atoms with Crippen LogP contribution in [0.3, 0.4) is 0 Å². The van der Waals surface area contributed by atoms with Crippen LogP contribution in [0.5, 0.6) is 0 Å². The Balaban J connectivity index is 4.39. The predicted octanol–water partition coefficient (Wildman–Crippen LogP) is 1.21. The largest absolute Gasteiger partial charge is 0.467 e. The van der Waals surface area contributed by atoms with E-state index in [1.54, 1.807) is 0 Å². The van der Waals surface area contributed by atoms with Gasteiger partial charge in [0.1, 0.15) is 0 Å². The van der Waals surface area contributed by atoms with Crippen molar-refractivity contribution < 1.29 is 19.4 Å². The van der Waals surface area contributed by atoms with Crippen LogP contribution in [0.1, 0.15) is 27.7 Å². The van der Waals surface area contributed by atoms with Crippen molar-refractivity contribution in [3.05, 3.63) is 0 Å². The molecule has 0 heterocycles. The molecule has 0 saturated heterocycles. The molecule has 0 radical (unpaired) electrons. The number of esters is 1. The fraction of sp³-hybridized carbons (Fsp3) is 0.800. The zero-order valence-corrected chi connectivity index (χ0v) is 10.6. The van der Waals surface area contributed by atoms with Crippen molar-refractivity contribution in [1.29, 1.82) is 0 Å². The van der Waals surface area contributed by atoms with Crippen LogP contribution in [0.4, 0.5) is 0 Å². The fourth-order valence-electron chi connectivity index (χ4n) is 0.848. The number of rotatable bonds is 3. The zero-order valence-electron chi connectivity index (χ0n) is 9.73. The first-order valence-electron chi connectivity index (χ1n) is 4.68. The van der Waals surface area contributed by atoms with Gasteiger partial charge in [0, 0.05) is 4.75 Å². The molecule has 2 unspecified atom stereocenters. The van der Waals surface area contributed by atoms with Crippen molar-refractivity contribution in [3.8, 4) is 0 Å². The Hall–Kier alpha value is -0.550. The van der Waals surface area contributed by atoms with Crippen LogP contribution < -0.4 is 0 Å². The van der Waals surface area contributed by atoms with Gasteiger partial charge < -0.3 is 9.84 Å². The molecule has 0 aliphatic rings. The molecule has 0 aliphatic carbocycles. The van der Waals surface area contributed by atoms with Gasteiger partial charge in [-0.05, 0) is 0 Å². The summed E-state index contributed by atoms with van der Waals surface area (Å²) in [6, 6.07) is 0. The van der Waals surface area contributed by atoms with Crippen LogP contribution >= 0.6 is 11.8 Å². The summed E-state index contributed by atoms with van der Waals surface area (Å²) in [5, 5.41) is 9.24. The third-order valence-electron chi connectivity index (χ3n) is 1.69. The smallest absolute Gasteiger partial charge is 0.335 e. The SMILES string of the molecule is COC(=O)C(O)C(C)C(=O)SC(C)(C)C. The molecule has 0 aromatic heterocycles. The monoisotopic (exact) mass is 234 g/mol. The van der Waals surface area contributed by atoms with Gasteiger partial charge in [-0.2, -0.15) is 0 Å². The molecule has 15 heavy (non-hydrogen) atoms. The van der Waals surface area contributed by atoms with Gasteiger partial charge in [0.25, 0.3) is 0 Å². The van der Waals surface area contributed by atoms with E-state index in [9.17, 15) is 14.7 Å². The number of thioether (sulfide) groups is 1. The Kier molecular flexibility index (Phi) is 5.31. The predicted molar refractivity (Wildman–Crippen MR) is 59.5 cm³/mol. The maximum atomic E-state index is 11.6. The average Bonchev–Trinajstić information content (AvgIpc) is 2.11. The molecule has 2 atom stereocenters. The molecular formula is C10H18O4S. The van der Waals surface area contributed by atoms with E-state index in [2.05, 4.69) is 4.74 Å². The Morgan fingerprint density at radius 3 is 2.13 bits per heavy atom. The Morgan fingerprint density at radius 2 is 1.80 bits per heavy atom. The van der Waals surface area contributed by atoms with Crippen LogP contribution in [-0.4, -0.2) is 34.2 Å². The minimum absolute atomic E-state index is 0.208. The van der Waals surface area contributed by atoms with Crippen LogP contribution in [0, 0.1) is 5.92 Å². The van der Waals surface area contributed by atoms with Crippen LogP contribution in [0.15, 0.2) is 0 Å². The maximum absolute atomic E-state index is 11.6. The zero-order chi connectivity index (χ0) is 12.2. The van der Waals surface area contributed by atoms with Gasteiger partial charge in [0.2, 0.25) is 0 Å². The summed E-state index contributed by atoms with van der Waals surface area (Å²) in [7, 11) is 1.18. The second kappa shape index (κ2) is 5.51. The molecular weight excluding hydrogens is 216 g/mol. The summed E-state index contributed by atoms with van der Waals surface area (Å²) < 4.78 is 4.14. The van der Waals surface area contributed by atoms with Crippen molar-refractivity contribution in [3.63, 3.8) is 0 Å². The number of hydrogen-bond acceptors (Lipinski definition) is 5.